The quantitative estimate of drug-likeness (QED) is 0.612. The molecule has 1 unspecified atom stereocenters. The Kier molecular flexibility index (Phi) is 5.36. The van der Waals surface area contributed by atoms with Gasteiger partial charge in [-0.15, -0.1) is 0 Å². The fourth-order valence-corrected chi connectivity index (χ4v) is 3.18. The largest absolute Gasteiger partial charge is 0.368 e. The summed E-state index contributed by atoms with van der Waals surface area (Å²) in [5.41, 5.74) is 6.63. The second-order valence-corrected chi connectivity index (χ2v) is 6.69. The van der Waals surface area contributed by atoms with Crippen LogP contribution in [0.3, 0.4) is 0 Å². The summed E-state index contributed by atoms with van der Waals surface area (Å²) in [6.45, 7) is 4.91. The summed E-state index contributed by atoms with van der Waals surface area (Å²) in [7, 11) is 3.71. The maximum Gasteiger partial charge on any atom is 0.292 e. The summed E-state index contributed by atoms with van der Waals surface area (Å²) in [4.78, 5) is 30.0. The molecule has 1 aliphatic heterocycles. The van der Waals surface area contributed by atoms with E-state index >= 15 is 0 Å². The van der Waals surface area contributed by atoms with Crippen molar-refractivity contribution in [2.24, 2.45) is 0 Å². The maximum absolute atomic E-state index is 11.3. The molecule has 0 saturated carbocycles. The molecule has 0 spiro atoms. The highest BCUT2D eigenvalue weighted by atomic mass is 16.6. The van der Waals surface area contributed by atoms with Crippen LogP contribution in [-0.2, 0) is 0 Å². The number of para-hydroxylation sites is 2. The SMILES string of the molecule is CC(c1nc(N)nc(N(C)C)n1)N1CCN(c2ccccc2[N+](=O)[O-])CC1. The van der Waals surface area contributed by atoms with Crippen molar-refractivity contribution in [3.05, 3.63) is 40.2 Å². The van der Waals surface area contributed by atoms with E-state index in [2.05, 4.69) is 19.9 Å². The summed E-state index contributed by atoms with van der Waals surface area (Å²) in [5, 5.41) is 11.3. The van der Waals surface area contributed by atoms with E-state index in [1.54, 1.807) is 23.1 Å². The van der Waals surface area contributed by atoms with Gasteiger partial charge in [0.2, 0.25) is 11.9 Å². The van der Waals surface area contributed by atoms with Crippen LogP contribution >= 0.6 is 0 Å². The lowest BCUT2D eigenvalue weighted by Gasteiger charge is -2.38. The molecule has 0 radical (unpaired) electrons. The summed E-state index contributed by atoms with van der Waals surface area (Å²) in [6, 6.07) is 6.83. The van der Waals surface area contributed by atoms with Crippen molar-refractivity contribution in [1.29, 1.82) is 0 Å². The third-order valence-corrected chi connectivity index (χ3v) is 4.71. The topological polar surface area (TPSA) is 118 Å². The van der Waals surface area contributed by atoms with Crippen molar-refractivity contribution in [2.75, 3.05) is 55.8 Å². The Morgan fingerprint density at radius 3 is 2.44 bits per heavy atom. The molecule has 0 aliphatic carbocycles. The van der Waals surface area contributed by atoms with E-state index in [1.165, 1.54) is 0 Å². The molecule has 0 amide bonds. The van der Waals surface area contributed by atoms with Crippen LogP contribution in [-0.4, -0.2) is 65.0 Å². The first kappa shape index (κ1) is 18.8. The molecule has 1 aliphatic rings. The third-order valence-electron chi connectivity index (χ3n) is 4.71. The minimum absolute atomic E-state index is 0.0260. The Morgan fingerprint density at radius 2 is 1.81 bits per heavy atom. The molecule has 0 bridgehead atoms. The summed E-state index contributed by atoms with van der Waals surface area (Å²) >= 11 is 0. The van der Waals surface area contributed by atoms with Crippen LogP contribution in [0.5, 0.6) is 0 Å². The van der Waals surface area contributed by atoms with Crippen LogP contribution in [0.4, 0.5) is 23.3 Å². The fourth-order valence-electron chi connectivity index (χ4n) is 3.18. The molecule has 1 aromatic carbocycles. The highest BCUT2D eigenvalue weighted by molar-refractivity contribution is 5.63. The standard InChI is InChI=1S/C17H24N8O2/c1-12(15-19-16(18)21-17(20-15)22(2)3)23-8-10-24(11-9-23)13-6-4-5-7-14(13)25(26)27/h4-7,12H,8-11H2,1-3H3,(H2,18,19,20,21). The van der Waals surface area contributed by atoms with Crippen LogP contribution in [0.1, 0.15) is 18.8 Å². The lowest BCUT2D eigenvalue weighted by molar-refractivity contribution is -0.384. The molecular formula is C17H24N8O2. The Balaban J connectivity index is 1.72. The first-order chi connectivity index (χ1) is 12.9. The highest BCUT2D eigenvalue weighted by Crippen LogP contribution is 2.29. The minimum Gasteiger partial charge on any atom is -0.368 e. The van der Waals surface area contributed by atoms with Gasteiger partial charge in [0.25, 0.3) is 5.69 Å². The maximum atomic E-state index is 11.3. The average molecular weight is 372 g/mol. The second kappa shape index (κ2) is 7.70. The Morgan fingerprint density at radius 1 is 1.15 bits per heavy atom. The molecule has 1 fully saturated rings. The number of benzene rings is 1. The van der Waals surface area contributed by atoms with E-state index < -0.39 is 0 Å². The zero-order chi connectivity index (χ0) is 19.6. The van der Waals surface area contributed by atoms with Gasteiger partial charge < -0.3 is 15.5 Å². The van der Waals surface area contributed by atoms with Crippen LogP contribution in [0.15, 0.2) is 24.3 Å². The Hall–Kier alpha value is -3.01. The van der Waals surface area contributed by atoms with Gasteiger partial charge in [-0.3, -0.25) is 15.0 Å². The smallest absolute Gasteiger partial charge is 0.292 e. The van der Waals surface area contributed by atoms with E-state index in [9.17, 15) is 10.1 Å². The van der Waals surface area contributed by atoms with Crippen molar-refractivity contribution >= 4 is 23.3 Å². The van der Waals surface area contributed by atoms with E-state index in [-0.39, 0.29) is 22.6 Å². The van der Waals surface area contributed by atoms with Crippen LogP contribution in [0.2, 0.25) is 0 Å². The van der Waals surface area contributed by atoms with Gasteiger partial charge in [0, 0.05) is 46.3 Å². The van der Waals surface area contributed by atoms with Crippen LogP contribution in [0.25, 0.3) is 0 Å². The number of hydrogen-bond acceptors (Lipinski definition) is 9. The monoisotopic (exact) mass is 372 g/mol. The van der Waals surface area contributed by atoms with Crippen LogP contribution < -0.4 is 15.5 Å². The number of anilines is 3. The van der Waals surface area contributed by atoms with Gasteiger partial charge in [0.05, 0.1) is 11.0 Å². The molecule has 2 aromatic rings. The second-order valence-electron chi connectivity index (χ2n) is 6.69. The Labute approximate surface area is 157 Å². The van der Waals surface area contributed by atoms with Gasteiger partial charge in [0.1, 0.15) is 5.69 Å². The van der Waals surface area contributed by atoms with Gasteiger partial charge in [0.15, 0.2) is 5.82 Å². The molecule has 1 aromatic heterocycles. The molecule has 144 valence electrons. The van der Waals surface area contributed by atoms with Gasteiger partial charge in [-0.05, 0) is 13.0 Å². The van der Waals surface area contributed by atoms with Crippen molar-refractivity contribution < 1.29 is 4.92 Å². The lowest BCUT2D eigenvalue weighted by atomic mass is 10.2. The normalized spacial score (nSPS) is 16.2. The number of rotatable bonds is 5. The van der Waals surface area contributed by atoms with Gasteiger partial charge >= 0.3 is 0 Å². The van der Waals surface area contributed by atoms with Crippen molar-refractivity contribution in [1.82, 2.24) is 19.9 Å². The van der Waals surface area contributed by atoms with E-state index in [1.807, 2.05) is 32.0 Å². The molecule has 10 heteroatoms. The first-order valence-electron chi connectivity index (χ1n) is 8.78. The Bertz CT molecular complexity index is 820. The zero-order valence-electron chi connectivity index (χ0n) is 15.7. The summed E-state index contributed by atoms with van der Waals surface area (Å²) in [6.07, 6.45) is 0. The summed E-state index contributed by atoms with van der Waals surface area (Å²) in [5.74, 6) is 1.36. The number of nitro groups is 1. The van der Waals surface area contributed by atoms with E-state index in [0.29, 0.717) is 30.5 Å². The van der Waals surface area contributed by atoms with Crippen molar-refractivity contribution in [3.63, 3.8) is 0 Å². The van der Waals surface area contributed by atoms with Gasteiger partial charge in [-0.1, -0.05) is 12.1 Å². The van der Waals surface area contributed by atoms with E-state index in [0.717, 1.165) is 13.1 Å². The summed E-state index contributed by atoms with van der Waals surface area (Å²) < 4.78 is 0. The average Bonchev–Trinajstić information content (AvgIpc) is 2.67. The molecule has 3 rings (SSSR count). The first-order valence-corrected chi connectivity index (χ1v) is 8.78. The molecule has 27 heavy (non-hydrogen) atoms. The molecule has 1 atom stereocenters. The minimum atomic E-state index is -0.333. The third kappa shape index (κ3) is 4.05. The zero-order valence-corrected chi connectivity index (χ0v) is 15.7. The number of nitrogens with zero attached hydrogens (tertiary/aromatic N) is 7. The number of piperazine rings is 1. The number of nitro benzene ring substituents is 1. The van der Waals surface area contributed by atoms with Crippen LogP contribution in [0, 0.1) is 10.1 Å². The number of aromatic nitrogens is 3. The van der Waals surface area contributed by atoms with Gasteiger partial charge in [-0.25, -0.2) is 0 Å². The highest BCUT2D eigenvalue weighted by Gasteiger charge is 2.27. The number of nitrogens with two attached hydrogens (primary N) is 1. The van der Waals surface area contributed by atoms with Crippen molar-refractivity contribution in [3.8, 4) is 0 Å². The predicted octanol–water partition coefficient (Wildman–Crippen LogP) is 1.31. The number of hydrogen-bond donors (Lipinski definition) is 1. The van der Waals surface area contributed by atoms with Gasteiger partial charge in [-0.2, -0.15) is 15.0 Å². The van der Waals surface area contributed by atoms with Crippen molar-refractivity contribution in [2.45, 2.75) is 13.0 Å². The van der Waals surface area contributed by atoms with E-state index in [4.69, 9.17) is 5.73 Å². The predicted molar refractivity (Wildman–Crippen MR) is 104 cm³/mol. The molecule has 1 saturated heterocycles. The fraction of sp³-hybridized carbons (Fsp3) is 0.471. The number of nitrogen functional groups attached to an aromatic ring is 1. The molecule has 10 nitrogen and oxygen atoms in total. The molecular weight excluding hydrogens is 348 g/mol. The lowest BCUT2D eigenvalue weighted by Crippen LogP contribution is -2.47. The molecule has 2 heterocycles. The molecule has 2 N–H and O–H groups in total.